The SMILES string of the molecule is Cn1nc(C(C)(C)C)c(C#N)c1-c1nc2cc(-c3c(F)cccc3F)cc(Cl)c2[nH]1.[NaH]. The first-order valence-electron chi connectivity index (χ1n) is 9.23. The molecule has 0 spiro atoms. The van der Waals surface area contributed by atoms with Crippen LogP contribution in [-0.4, -0.2) is 49.3 Å². The average molecular weight is 450 g/mol. The van der Waals surface area contributed by atoms with E-state index < -0.39 is 11.6 Å². The molecule has 1 N–H and O–H groups in total. The van der Waals surface area contributed by atoms with E-state index >= 15 is 0 Å². The molecule has 0 unspecified atom stereocenters. The summed E-state index contributed by atoms with van der Waals surface area (Å²) in [5.74, 6) is -0.969. The van der Waals surface area contributed by atoms with Crippen LogP contribution in [0.1, 0.15) is 32.0 Å². The number of rotatable bonds is 2. The van der Waals surface area contributed by atoms with Gasteiger partial charge in [0.25, 0.3) is 0 Å². The minimum atomic E-state index is -0.686. The normalized spacial score (nSPS) is 11.4. The first-order valence-corrected chi connectivity index (χ1v) is 9.61. The van der Waals surface area contributed by atoms with Crippen LogP contribution in [-0.2, 0) is 12.5 Å². The number of aryl methyl sites for hydroxylation is 1. The van der Waals surface area contributed by atoms with Gasteiger partial charge in [-0.05, 0) is 29.8 Å². The molecule has 2 aromatic carbocycles. The molecule has 2 aromatic heterocycles. The van der Waals surface area contributed by atoms with Crippen LogP contribution in [0, 0.1) is 23.0 Å². The Morgan fingerprint density at radius 3 is 2.39 bits per heavy atom. The molecule has 154 valence electrons. The second kappa shape index (κ2) is 8.36. The van der Waals surface area contributed by atoms with E-state index in [1.165, 1.54) is 24.3 Å². The number of halogens is 3. The second-order valence-electron chi connectivity index (χ2n) is 8.09. The maximum atomic E-state index is 14.2. The summed E-state index contributed by atoms with van der Waals surface area (Å²) < 4.78 is 30.1. The predicted octanol–water partition coefficient (Wildman–Crippen LogP) is 5.08. The van der Waals surface area contributed by atoms with Gasteiger partial charge in [-0.2, -0.15) is 10.4 Å². The number of fused-ring (bicyclic) bond motifs is 1. The number of nitrogens with zero attached hydrogens (tertiary/aromatic N) is 4. The number of nitrogens with one attached hydrogen (secondary N) is 1. The molecule has 4 aromatic rings. The van der Waals surface area contributed by atoms with E-state index in [-0.39, 0.29) is 51.1 Å². The van der Waals surface area contributed by atoms with Crippen LogP contribution in [0.15, 0.2) is 30.3 Å². The summed E-state index contributed by atoms with van der Waals surface area (Å²) in [4.78, 5) is 7.68. The Kier molecular flexibility index (Phi) is 6.32. The maximum absolute atomic E-state index is 14.2. The number of imidazole rings is 1. The summed E-state index contributed by atoms with van der Waals surface area (Å²) in [6.45, 7) is 5.93. The summed E-state index contributed by atoms with van der Waals surface area (Å²) in [7, 11) is 1.74. The van der Waals surface area contributed by atoms with Gasteiger partial charge in [-0.3, -0.25) is 4.68 Å². The minimum absolute atomic E-state index is 0. The molecule has 0 aliphatic heterocycles. The van der Waals surface area contributed by atoms with Gasteiger partial charge in [-0.1, -0.05) is 38.4 Å². The molecule has 2 heterocycles. The van der Waals surface area contributed by atoms with Gasteiger partial charge in [-0.25, -0.2) is 13.8 Å². The topological polar surface area (TPSA) is 70.3 Å². The number of nitriles is 1. The molecule has 4 rings (SSSR count). The molecule has 0 saturated carbocycles. The molecule has 0 radical (unpaired) electrons. The van der Waals surface area contributed by atoms with E-state index in [0.717, 1.165) is 0 Å². The van der Waals surface area contributed by atoms with Crippen molar-refractivity contribution in [3.8, 4) is 28.7 Å². The number of H-pyrrole nitrogens is 1. The Labute approximate surface area is 205 Å². The van der Waals surface area contributed by atoms with Crippen LogP contribution in [0.4, 0.5) is 8.78 Å². The van der Waals surface area contributed by atoms with Gasteiger partial charge in [-0.15, -0.1) is 0 Å². The average Bonchev–Trinajstić information content (AvgIpc) is 3.22. The fourth-order valence-electron chi connectivity index (χ4n) is 3.53. The molecule has 5 nitrogen and oxygen atoms in total. The number of aromatic amines is 1. The summed E-state index contributed by atoms with van der Waals surface area (Å²) >= 11 is 6.41. The monoisotopic (exact) mass is 449 g/mol. The Hall–Kier alpha value is -2.24. The quantitative estimate of drug-likeness (QED) is 0.434. The first kappa shape index (κ1) is 23.4. The molecular formula is C22H19ClF2N5Na. The molecule has 0 bridgehead atoms. The molecule has 0 amide bonds. The third-order valence-electron chi connectivity index (χ3n) is 4.89. The Morgan fingerprint density at radius 2 is 1.81 bits per heavy atom. The van der Waals surface area contributed by atoms with E-state index in [4.69, 9.17) is 11.6 Å². The summed E-state index contributed by atoms with van der Waals surface area (Å²) in [5.41, 5.74) is 2.31. The van der Waals surface area contributed by atoms with Crippen molar-refractivity contribution in [1.82, 2.24) is 19.7 Å². The van der Waals surface area contributed by atoms with Crippen molar-refractivity contribution in [2.75, 3.05) is 0 Å². The first-order chi connectivity index (χ1) is 14.1. The van der Waals surface area contributed by atoms with Gasteiger partial charge < -0.3 is 4.98 Å². The van der Waals surface area contributed by atoms with Crippen LogP contribution < -0.4 is 0 Å². The van der Waals surface area contributed by atoms with Gasteiger partial charge in [0.15, 0.2) is 5.82 Å². The Balaban J connectivity index is 0.00000272. The third kappa shape index (κ3) is 4.01. The van der Waals surface area contributed by atoms with Crippen molar-refractivity contribution >= 4 is 52.2 Å². The number of aromatic nitrogens is 4. The standard InChI is InChI=1S/C22H18ClF2N5.Na.H/c1-22(2,3)20-12(10-26)19(30(4)29-20)21-27-16-9-11(8-13(23)18(16)28-21)17-14(24)6-5-7-15(17)25;;/h5-9H,1-4H3,(H,27,28);;. The van der Waals surface area contributed by atoms with E-state index in [0.29, 0.717) is 33.8 Å². The molecule has 0 aliphatic rings. The van der Waals surface area contributed by atoms with Crippen LogP contribution >= 0.6 is 11.6 Å². The fourth-order valence-corrected chi connectivity index (χ4v) is 3.79. The zero-order valence-corrected chi connectivity index (χ0v) is 17.6. The number of hydrogen-bond donors (Lipinski definition) is 1. The Morgan fingerprint density at radius 1 is 1.16 bits per heavy atom. The predicted molar refractivity (Wildman–Crippen MR) is 119 cm³/mol. The molecule has 0 aliphatic carbocycles. The fraction of sp³-hybridized carbons (Fsp3) is 0.227. The van der Waals surface area contributed by atoms with Crippen molar-refractivity contribution in [2.45, 2.75) is 26.2 Å². The molecule has 9 heteroatoms. The van der Waals surface area contributed by atoms with E-state index in [1.807, 2.05) is 20.8 Å². The van der Waals surface area contributed by atoms with Gasteiger partial charge >= 0.3 is 29.6 Å². The summed E-state index contributed by atoms with van der Waals surface area (Å²) in [6.07, 6.45) is 0. The van der Waals surface area contributed by atoms with Crippen LogP contribution in [0.25, 0.3) is 33.7 Å². The van der Waals surface area contributed by atoms with Crippen LogP contribution in [0.3, 0.4) is 0 Å². The molecule has 31 heavy (non-hydrogen) atoms. The zero-order chi connectivity index (χ0) is 21.8. The van der Waals surface area contributed by atoms with E-state index in [2.05, 4.69) is 21.1 Å². The number of hydrogen-bond acceptors (Lipinski definition) is 3. The van der Waals surface area contributed by atoms with Crippen LogP contribution in [0.5, 0.6) is 0 Å². The molecular weight excluding hydrogens is 431 g/mol. The second-order valence-corrected chi connectivity index (χ2v) is 8.50. The van der Waals surface area contributed by atoms with Gasteiger partial charge in [0.05, 0.1) is 27.3 Å². The molecule has 0 saturated heterocycles. The number of benzene rings is 2. The summed E-state index contributed by atoms with van der Waals surface area (Å²) in [5, 5.41) is 14.5. The Bertz CT molecular complexity index is 1320. The van der Waals surface area contributed by atoms with Crippen molar-refractivity contribution in [2.24, 2.45) is 7.05 Å². The van der Waals surface area contributed by atoms with Gasteiger partial charge in [0.1, 0.15) is 29.0 Å². The van der Waals surface area contributed by atoms with Crippen molar-refractivity contribution < 1.29 is 8.78 Å². The van der Waals surface area contributed by atoms with Gasteiger partial charge in [0.2, 0.25) is 0 Å². The van der Waals surface area contributed by atoms with E-state index in [9.17, 15) is 14.0 Å². The van der Waals surface area contributed by atoms with Crippen molar-refractivity contribution in [3.63, 3.8) is 0 Å². The van der Waals surface area contributed by atoms with Crippen molar-refractivity contribution in [1.29, 1.82) is 5.26 Å². The molecule has 0 atom stereocenters. The molecule has 0 fully saturated rings. The van der Waals surface area contributed by atoms with Crippen molar-refractivity contribution in [3.05, 3.63) is 58.2 Å². The van der Waals surface area contributed by atoms with Gasteiger partial charge in [0, 0.05) is 12.5 Å². The van der Waals surface area contributed by atoms with E-state index in [1.54, 1.807) is 17.8 Å². The zero-order valence-electron chi connectivity index (χ0n) is 16.8. The third-order valence-corrected chi connectivity index (χ3v) is 5.19. The van der Waals surface area contributed by atoms with Crippen LogP contribution in [0.2, 0.25) is 5.02 Å². The summed E-state index contributed by atoms with van der Waals surface area (Å²) in [6, 6.07) is 8.96.